The molecule has 0 heterocycles. The third kappa shape index (κ3) is 3.00. The lowest BCUT2D eigenvalue weighted by molar-refractivity contribution is -0.392. The molecule has 0 saturated carbocycles. The lowest BCUT2D eigenvalue weighted by Crippen LogP contribution is -2.22. The Balaban J connectivity index is 2.24. The van der Waals surface area contributed by atoms with Crippen LogP contribution in [0.3, 0.4) is 0 Å². The molecule has 0 aliphatic rings. The fraction of sp³-hybridized carbons (Fsp3) is 0. The molecular formula is C17H10N3O6-. The number of hydrogen-bond acceptors (Lipinski definition) is 7. The first-order valence-electron chi connectivity index (χ1n) is 7.31. The molecule has 0 radical (unpaired) electrons. The molecule has 0 fully saturated rings. The minimum Gasteiger partial charge on any atom is -0.545 e. The molecular weight excluding hydrogens is 342 g/mol. The van der Waals surface area contributed by atoms with Gasteiger partial charge >= 0.3 is 0 Å². The molecule has 0 spiro atoms. The van der Waals surface area contributed by atoms with Gasteiger partial charge in [0.05, 0.1) is 15.8 Å². The number of nitro benzene ring substituents is 2. The Labute approximate surface area is 145 Å². The fourth-order valence-corrected chi connectivity index (χ4v) is 2.61. The molecule has 0 saturated heterocycles. The average molecular weight is 352 g/mol. The number of benzene rings is 3. The van der Waals surface area contributed by atoms with Gasteiger partial charge in [-0.1, -0.05) is 36.4 Å². The van der Waals surface area contributed by atoms with Crippen LogP contribution in [0.1, 0.15) is 10.4 Å². The zero-order chi connectivity index (χ0) is 18.8. The van der Waals surface area contributed by atoms with Crippen LogP contribution in [0.25, 0.3) is 10.8 Å². The van der Waals surface area contributed by atoms with E-state index in [1.165, 1.54) is 0 Å². The van der Waals surface area contributed by atoms with Gasteiger partial charge in [-0.3, -0.25) is 20.2 Å². The highest BCUT2D eigenvalue weighted by Crippen LogP contribution is 2.39. The standard InChI is InChI=1S/C17H11N3O6/c21-17(22)11-8-14(19(23)24)16(15(9-11)20(25)26)18-13-7-3-5-10-4-1-2-6-12(10)13/h1-9,18H,(H,21,22)/p-1. The van der Waals surface area contributed by atoms with Crippen molar-refractivity contribution in [3.8, 4) is 0 Å². The van der Waals surface area contributed by atoms with E-state index in [0.29, 0.717) is 11.1 Å². The Morgan fingerprint density at radius 2 is 1.46 bits per heavy atom. The van der Waals surface area contributed by atoms with Gasteiger partial charge in [-0.15, -0.1) is 0 Å². The third-order valence-corrected chi connectivity index (χ3v) is 3.78. The maximum atomic E-state index is 11.4. The SMILES string of the molecule is O=C([O-])c1cc([N+](=O)[O-])c(Nc2cccc3ccccc23)c([N+](=O)[O-])c1. The Bertz CT molecular complexity index is 1020. The van der Waals surface area contributed by atoms with Crippen LogP contribution >= 0.6 is 0 Å². The van der Waals surface area contributed by atoms with Crippen molar-refractivity contribution in [2.75, 3.05) is 5.32 Å². The summed E-state index contributed by atoms with van der Waals surface area (Å²) in [6.07, 6.45) is 0. The molecule has 9 nitrogen and oxygen atoms in total. The fourth-order valence-electron chi connectivity index (χ4n) is 2.61. The van der Waals surface area contributed by atoms with Gasteiger partial charge in [0, 0.05) is 28.8 Å². The monoisotopic (exact) mass is 352 g/mol. The lowest BCUT2D eigenvalue weighted by Gasteiger charge is -2.12. The number of aromatic carboxylic acids is 1. The van der Waals surface area contributed by atoms with Crippen LogP contribution in [0.4, 0.5) is 22.7 Å². The van der Waals surface area contributed by atoms with Crippen LogP contribution in [0.2, 0.25) is 0 Å². The zero-order valence-corrected chi connectivity index (χ0v) is 13.0. The molecule has 0 aliphatic heterocycles. The van der Waals surface area contributed by atoms with Gasteiger partial charge in [-0.25, -0.2) is 0 Å². The predicted molar refractivity (Wildman–Crippen MR) is 91.3 cm³/mol. The molecule has 3 aromatic rings. The highest BCUT2D eigenvalue weighted by Gasteiger charge is 2.27. The largest absolute Gasteiger partial charge is 0.545 e. The van der Waals surface area contributed by atoms with Crippen molar-refractivity contribution in [1.82, 2.24) is 0 Å². The normalized spacial score (nSPS) is 10.5. The quantitative estimate of drug-likeness (QED) is 0.550. The number of anilines is 2. The van der Waals surface area contributed by atoms with Crippen LogP contribution in [-0.4, -0.2) is 15.8 Å². The predicted octanol–water partition coefficient (Wildman–Crippen LogP) is 2.76. The van der Waals surface area contributed by atoms with Gasteiger partial charge in [0.2, 0.25) is 0 Å². The molecule has 1 N–H and O–H groups in total. The Kier molecular flexibility index (Phi) is 4.19. The number of fused-ring (bicyclic) bond motifs is 1. The molecule has 3 aromatic carbocycles. The van der Waals surface area contributed by atoms with Crippen LogP contribution in [0.15, 0.2) is 54.6 Å². The highest BCUT2D eigenvalue weighted by atomic mass is 16.6. The summed E-state index contributed by atoms with van der Waals surface area (Å²) in [6, 6.07) is 13.7. The minimum absolute atomic E-state index is 0.402. The van der Waals surface area contributed by atoms with Crippen LogP contribution < -0.4 is 10.4 Å². The summed E-state index contributed by atoms with van der Waals surface area (Å²) >= 11 is 0. The van der Waals surface area contributed by atoms with E-state index in [-0.39, 0.29) is 0 Å². The number of carboxylic acid groups (broad SMARTS) is 1. The van der Waals surface area contributed by atoms with Gasteiger partial charge in [0.15, 0.2) is 5.69 Å². The van der Waals surface area contributed by atoms with E-state index < -0.39 is 38.4 Å². The number of nitro groups is 2. The van der Waals surface area contributed by atoms with Crippen molar-refractivity contribution < 1.29 is 19.7 Å². The van der Waals surface area contributed by atoms with E-state index in [1.807, 2.05) is 18.2 Å². The molecule has 0 aromatic heterocycles. The summed E-state index contributed by atoms with van der Waals surface area (Å²) in [5.41, 5.74) is -2.10. The zero-order valence-electron chi connectivity index (χ0n) is 13.0. The Morgan fingerprint density at radius 3 is 2.04 bits per heavy atom. The highest BCUT2D eigenvalue weighted by molar-refractivity contribution is 5.98. The maximum Gasteiger partial charge on any atom is 0.300 e. The summed E-state index contributed by atoms with van der Waals surface area (Å²) in [4.78, 5) is 32.0. The number of carbonyl (C=O) groups excluding carboxylic acids is 1. The second-order valence-corrected chi connectivity index (χ2v) is 5.34. The van der Waals surface area contributed by atoms with E-state index in [9.17, 15) is 30.1 Å². The Hall–Kier alpha value is -4.01. The number of hydrogen-bond donors (Lipinski definition) is 1. The molecule has 0 aliphatic carbocycles. The van der Waals surface area contributed by atoms with Crippen LogP contribution in [0.5, 0.6) is 0 Å². The smallest absolute Gasteiger partial charge is 0.300 e. The van der Waals surface area contributed by atoms with Crippen molar-refractivity contribution in [1.29, 1.82) is 0 Å². The molecule has 9 heteroatoms. The van der Waals surface area contributed by atoms with Crippen molar-refractivity contribution in [2.24, 2.45) is 0 Å². The second-order valence-electron chi connectivity index (χ2n) is 5.34. The number of carbonyl (C=O) groups is 1. The van der Waals surface area contributed by atoms with Gasteiger partial charge in [-0.2, -0.15) is 0 Å². The van der Waals surface area contributed by atoms with Gasteiger partial charge < -0.3 is 15.2 Å². The average Bonchev–Trinajstić information content (AvgIpc) is 2.61. The number of nitrogens with zero attached hydrogens (tertiary/aromatic N) is 2. The van der Waals surface area contributed by atoms with Crippen molar-refractivity contribution in [3.05, 3.63) is 80.4 Å². The molecule has 0 amide bonds. The molecule has 3 rings (SSSR count). The van der Waals surface area contributed by atoms with Gasteiger partial charge in [0.25, 0.3) is 11.4 Å². The van der Waals surface area contributed by atoms with Crippen molar-refractivity contribution in [2.45, 2.75) is 0 Å². The first-order valence-corrected chi connectivity index (χ1v) is 7.31. The second kappa shape index (κ2) is 6.48. The molecule has 0 atom stereocenters. The number of rotatable bonds is 5. The Morgan fingerprint density at radius 1 is 0.885 bits per heavy atom. The van der Waals surface area contributed by atoms with E-state index >= 15 is 0 Å². The summed E-state index contributed by atoms with van der Waals surface area (Å²) in [5.74, 6) is -1.74. The molecule has 130 valence electrons. The van der Waals surface area contributed by atoms with E-state index in [0.717, 1.165) is 17.5 Å². The first-order chi connectivity index (χ1) is 12.4. The summed E-state index contributed by atoms with van der Waals surface area (Å²) in [5, 5.41) is 38.0. The molecule has 0 bridgehead atoms. The van der Waals surface area contributed by atoms with E-state index in [4.69, 9.17) is 0 Å². The lowest BCUT2D eigenvalue weighted by atomic mass is 10.1. The van der Waals surface area contributed by atoms with Gasteiger partial charge in [-0.05, 0) is 11.5 Å². The van der Waals surface area contributed by atoms with E-state index in [1.54, 1.807) is 24.3 Å². The van der Waals surface area contributed by atoms with Crippen LogP contribution in [-0.2, 0) is 0 Å². The summed E-state index contributed by atoms with van der Waals surface area (Å²) < 4.78 is 0. The molecule has 0 unspecified atom stereocenters. The summed E-state index contributed by atoms with van der Waals surface area (Å²) in [6.45, 7) is 0. The topological polar surface area (TPSA) is 138 Å². The minimum atomic E-state index is -1.74. The van der Waals surface area contributed by atoms with Crippen molar-refractivity contribution in [3.63, 3.8) is 0 Å². The maximum absolute atomic E-state index is 11.4. The van der Waals surface area contributed by atoms with Crippen LogP contribution in [0, 0.1) is 20.2 Å². The molecule has 26 heavy (non-hydrogen) atoms. The third-order valence-electron chi connectivity index (χ3n) is 3.78. The first kappa shape index (κ1) is 16.8. The summed E-state index contributed by atoms with van der Waals surface area (Å²) in [7, 11) is 0. The number of nitrogens with one attached hydrogen (secondary N) is 1. The van der Waals surface area contributed by atoms with Gasteiger partial charge in [0.1, 0.15) is 0 Å². The van der Waals surface area contributed by atoms with Crippen molar-refractivity contribution >= 4 is 39.5 Å². The van der Waals surface area contributed by atoms with E-state index in [2.05, 4.69) is 5.32 Å². The number of carboxylic acids is 1.